The number of carboxylic acid groups (broad SMARTS) is 1. The molecule has 0 saturated carbocycles. The highest BCUT2D eigenvalue weighted by Gasteiger charge is 2.25. The summed E-state index contributed by atoms with van der Waals surface area (Å²) in [6.45, 7) is 0.156. The zero-order valence-corrected chi connectivity index (χ0v) is 20.1. The summed E-state index contributed by atoms with van der Waals surface area (Å²) in [7, 11) is -4.07. The minimum absolute atomic E-state index is 0.0173. The number of benzene rings is 2. The molecule has 0 spiro atoms. The summed E-state index contributed by atoms with van der Waals surface area (Å²) in [6, 6.07) is 14.8. The Morgan fingerprint density at radius 1 is 0.941 bits per heavy atom. The molecule has 1 heterocycles. The van der Waals surface area contributed by atoms with Crippen LogP contribution in [0.25, 0.3) is 11.1 Å². The smallest absolute Gasteiger partial charge is 0.321 e. The van der Waals surface area contributed by atoms with E-state index in [0.29, 0.717) is 10.6 Å². The Morgan fingerprint density at radius 3 is 2.12 bits per heavy atom. The molecular formula is C23H21Cl2N3O5S. The number of aromatic nitrogens is 1. The van der Waals surface area contributed by atoms with Crippen LogP contribution in [0, 0.1) is 0 Å². The van der Waals surface area contributed by atoms with Gasteiger partial charge in [-0.15, -0.1) is 0 Å². The monoisotopic (exact) mass is 521 g/mol. The number of hydrogen-bond acceptors (Lipinski definition) is 5. The normalized spacial score (nSPS) is 12.2. The van der Waals surface area contributed by atoms with Crippen molar-refractivity contribution in [3.8, 4) is 11.1 Å². The Kier molecular flexibility index (Phi) is 8.62. The maximum Gasteiger partial charge on any atom is 0.321 e. The summed E-state index contributed by atoms with van der Waals surface area (Å²) >= 11 is 11.6. The van der Waals surface area contributed by atoms with Gasteiger partial charge in [-0.3, -0.25) is 9.59 Å². The van der Waals surface area contributed by atoms with Gasteiger partial charge in [-0.25, -0.2) is 13.4 Å². The van der Waals surface area contributed by atoms with Gasteiger partial charge in [0.05, 0.1) is 10.5 Å². The van der Waals surface area contributed by atoms with Crippen molar-refractivity contribution in [2.24, 2.45) is 0 Å². The first-order valence-electron chi connectivity index (χ1n) is 10.2. The van der Waals surface area contributed by atoms with Crippen LogP contribution in [0.3, 0.4) is 0 Å². The molecule has 0 aliphatic heterocycles. The van der Waals surface area contributed by atoms with E-state index in [1.165, 1.54) is 30.5 Å². The molecule has 1 unspecified atom stereocenters. The van der Waals surface area contributed by atoms with Gasteiger partial charge in [0.1, 0.15) is 11.2 Å². The van der Waals surface area contributed by atoms with Gasteiger partial charge in [-0.1, -0.05) is 47.5 Å². The van der Waals surface area contributed by atoms with Crippen molar-refractivity contribution in [2.45, 2.75) is 23.8 Å². The number of halogens is 2. The van der Waals surface area contributed by atoms with Crippen molar-refractivity contribution >= 4 is 45.1 Å². The van der Waals surface area contributed by atoms with Gasteiger partial charge in [0.2, 0.25) is 10.0 Å². The molecule has 0 fully saturated rings. The molecule has 8 nitrogen and oxygen atoms in total. The molecule has 11 heteroatoms. The van der Waals surface area contributed by atoms with E-state index in [1.54, 1.807) is 24.3 Å². The van der Waals surface area contributed by atoms with Crippen molar-refractivity contribution in [2.75, 3.05) is 6.54 Å². The second-order valence-corrected chi connectivity index (χ2v) is 9.85. The van der Waals surface area contributed by atoms with Gasteiger partial charge in [0.25, 0.3) is 5.91 Å². The van der Waals surface area contributed by atoms with E-state index < -0.39 is 27.9 Å². The lowest BCUT2D eigenvalue weighted by atomic mass is 10.1. The zero-order valence-electron chi connectivity index (χ0n) is 17.7. The van der Waals surface area contributed by atoms with Gasteiger partial charge >= 0.3 is 5.97 Å². The van der Waals surface area contributed by atoms with E-state index >= 15 is 0 Å². The average molecular weight is 522 g/mol. The maximum atomic E-state index is 12.7. The van der Waals surface area contributed by atoms with Crippen LogP contribution in [0.2, 0.25) is 10.2 Å². The molecule has 3 aromatic rings. The molecule has 3 N–H and O–H groups in total. The Bertz CT molecular complexity index is 1250. The molecule has 34 heavy (non-hydrogen) atoms. The summed E-state index contributed by atoms with van der Waals surface area (Å²) in [5.41, 5.74) is 1.96. The van der Waals surface area contributed by atoms with Crippen LogP contribution in [-0.2, 0) is 14.8 Å². The number of carbonyl (C=O) groups excluding carboxylic acids is 1. The number of nitrogens with zero attached hydrogens (tertiary/aromatic N) is 1. The fraction of sp³-hybridized carbons (Fsp3) is 0.174. The zero-order chi connectivity index (χ0) is 24.7. The Labute approximate surface area is 207 Å². The minimum atomic E-state index is -4.07. The summed E-state index contributed by atoms with van der Waals surface area (Å²) in [4.78, 5) is 27.4. The summed E-state index contributed by atoms with van der Waals surface area (Å²) in [5.74, 6) is -1.70. The number of nitrogens with one attached hydrogen (secondary N) is 2. The lowest BCUT2D eigenvalue weighted by molar-refractivity contribution is -0.139. The van der Waals surface area contributed by atoms with E-state index in [-0.39, 0.29) is 29.4 Å². The molecule has 178 valence electrons. The van der Waals surface area contributed by atoms with Crippen molar-refractivity contribution < 1.29 is 23.1 Å². The molecule has 0 aliphatic rings. The number of rotatable bonds is 10. The predicted molar refractivity (Wildman–Crippen MR) is 129 cm³/mol. The van der Waals surface area contributed by atoms with E-state index in [9.17, 15) is 23.1 Å². The van der Waals surface area contributed by atoms with Gasteiger partial charge in [-0.05, 0) is 60.4 Å². The minimum Gasteiger partial charge on any atom is -0.480 e. The SMILES string of the molecule is O=C(NCCCC(NS(=O)(=O)c1ccc(-c2ccc(Cl)cc2)cc1)C(=O)O)c1ccc(Cl)nc1. The van der Waals surface area contributed by atoms with Gasteiger partial charge in [0, 0.05) is 17.8 Å². The van der Waals surface area contributed by atoms with Gasteiger partial charge < -0.3 is 10.4 Å². The number of hydrogen-bond donors (Lipinski definition) is 3. The second-order valence-electron chi connectivity index (χ2n) is 7.31. The second kappa shape index (κ2) is 11.4. The number of amides is 1. The van der Waals surface area contributed by atoms with Crippen LogP contribution in [0.5, 0.6) is 0 Å². The standard InChI is InChI=1S/C23H21Cl2N3O5S/c24-18-8-3-15(4-9-18)16-5-10-19(11-6-16)34(32,33)28-20(23(30)31)2-1-13-26-22(29)17-7-12-21(25)27-14-17/h3-12,14,20,28H,1-2,13H2,(H,26,29)(H,30,31). The van der Waals surface area contributed by atoms with Crippen LogP contribution in [0.15, 0.2) is 71.8 Å². The maximum absolute atomic E-state index is 12.7. The molecule has 1 atom stereocenters. The number of carboxylic acids is 1. The Morgan fingerprint density at radius 2 is 1.56 bits per heavy atom. The Hall–Kier alpha value is -2.98. The molecule has 2 aromatic carbocycles. The molecule has 1 aromatic heterocycles. The van der Waals surface area contributed by atoms with E-state index in [4.69, 9.17) is 23.2 Å². The lowest BCUT2D eigenvalue weighted by Crippen LogP contribution is -2.41. The van der Waals surface area contributed by atoms with E-state index in [2.05, 4.69) is 15.0 Å². The summed E-state index contributed by atoms with van der Waals surface area (Å²) in [5, 5.41) is 12.9. The van der Waals surface area contributed by atoms with E-state index in [1.807, 2.05) is 12.1 Å². The fourth-order valence-electron chi connectivity index (χ4n) is 3.08. The highest BCUT2D eigenvalue weighted by Crippen LogP contribution is 2.23. The number of pyridine rings is 1. The Balaban J connectivity index is 1.57. The molecule has 0 saturated heterocycles. The molecule has 0 bridgehead atoms. The quantitative estimate of drug-likeness (QED) is 0.273. The molecular weight excluding hydrogens is 501 g/mol. The average Bonchev–Trinajstić information content (AvgIpc) is 2.81. The largest absolute Gasteiger partial charge is 0.480 e. The third kappa shape index (κ3) is 7.01. The molecule has 0 radical (unpaired) electrons. The predicted octanol–water partition coefficient (Wildman–Crippen LogP) is 4.00. The van der Waals surface area contributed by atoms with Gasteiger partial charge in [0.15, 0.2) is 0 Å². The molecule has 3 rings (SSSR count). The first-order chi connectivity index (χ1) is 16.2. The van der Waals surface area contributed by atoms with Crippen molar-refractivity contribution in [3.63, 3.8) is 0 Å². The van der Waals surface area contributed by atoms with Crippen LogP contribution in [-0.4, -0.2) is 43.0 Å². The highest BCUT2D eigenvalue weighted by molar-refractivity contribution is 7.89. The van der Waals surface area contributed by atoms with Crippen molar-refractivity contribution in [1.29, 1.82) is 0 Å². The number of aliphatic carboxylic acids is 1. The lowest BCUT2D eigenvalue weighted by Gasteiger charge is -2.15. The highest BCUT2D eigenvalue weighted by atomic mass is 35.5. The first-order valence-corrected chi connectivity index (χ1v) is 12.4. The summed E-state index contributed by atoms with van der Waals surface area (Å²) < 4.78 is 27.6. The van der Waals surface area contributed by atoms with Crippen LogP contribution >= 0.6 is 23.2 Å². The van der Waals surface area contributed by atoms with Crippen LogP contribution < -0.4 is 10.0 Å². The molecule has 1 amide bonds. The van der Waals surface area contributed by atoms with Crippen molar-refractivity contribution in [1.82, 2.24) is 15.0 Å². The van der Waals surface area contributed by atoms with E-state index in [0.717, 1.165) is 11.1 Å². The topological polar surface area (TPSA) is 125 Å². The van der Waals surface area contributed by atoms with Gasteiger partial charge in [-0.2, -0.15) is 4.72 Å². The third-order valence-corrected chi connectivity index (χ3v) is 6.85. The number of carbonyl (C=O) groups is 2. The van der Waals surface area contributed by atoms with Crippen LogP contribution in [0.4, 0.5) is 0 Å². The van der Waals surface area contributed by atoms with Crippen molar-refractivity contribution in [3.05, 3.63) is 82.6 Å². The fourth-order valence-corrected chi connectivity index (χ4v) is 4.54. The number of sulfonamides is 1. The van der Waals surface area contributed by atoms with Crippen LogP contribution in [0.1, 0.15) is 23.2 Å². The first kappa shape index (κ1) is 25.6. The summed E-state index contributed by atoms with van der Waals surface area (Å²) in [6.07, 6.45) is 1.54. The third-order valence-electron chi connectivity index (χ3n) is 4.88. The molecule has 0 aliphatic carbocycles.